The van der Waals surface area contributed by atoms with Crippen LogP contribution in [0.3, 0.4) is 0 Å². The van der Waals surface area contributed by atoms with E-state index in [9.17, 15) is 15.2 Å². The topological polar surface area (TPSA) is 76.4 Å². The molecular formula is C28H33Cl2N3O2. The van der Waals surface area contributed by atoms with Crippen LogP contribution in [0, 0.1) is 16.7 Å². The summed E-state index contributed by atoms with van der Waals surface area (Å²) in [5.74, 6) is -0.552. The van der Waals surface area contributed by atoms with Gasteiger partial charge in [-0.2, -0.15) is 5.26 Å². The zero-order valence-electron chi connectivity index (χ0n) is 20.5. The molecule has 4 rings (SSSR count). The number of halogens is 2. The summed E-state index contributed by atoms with van der Waals surface area (Å²) in [5, 5.41) is 25.6. The van der Waals surface area contributed by atoms with E-state index in [-0.39, 0.29) is 30.0 Å². The second-order valence-corrected chi connectivity index (χ2v) is 11.9. The first kappa shape index (κ1) is 26.0. The van der Waals surface area contributed by atoms with Gasteiger partial charge in [0.15, 0.2) is 0 Å². The van der Waals surface area contributed by atoms with Gasteiger partial charge >= 0.3 is 0 Å². The molecule has 2 heterocycles. The Labute approximate surface area is 218 Å². The van der Waals surface area contributed by atoms with Crippen LogP contribution >= 0.6 is 23.2 Å². The van der Waals surface area contributed by atoms with E-state index in [1.165, 1.54) is 0 Å². The van der Waals surface area contributed by atoms with Gasteiger partial charge in [0, 0.05) is 28.5 Å². The third-order valence-corrected chi connectivity index (χ3v) is 7.91. The van der Waals surface area contributed by atoms with Gasteiger partial charge in [-0.15, -0.1) is 0 Å². The first-order valence-corrected chi connectivity index (χ1v) is 13.0. The van der Waals surface area contributed by atoms with Crippen molar-refractivity contribution in [1.29, 1.82) is 5.26 Å². The lowest BCUT2D eigenvalue weighted by molar-refractivity contribution is -0.135. The number of carbonyl (C=O) groups excluding carboxylic acids is 1. The molecule has 2 aliphatic rings. The van der Waals surface area contributed by atoms with Gasteiger partial charge in [0.25, 0.3) is 0 Å². The molecule has 35 heavy (non-hydrogen) atoms. The van der Waals surface area contributed by atoms with Gasteiger partial charge in [0.1, 0.15) is 5.41 Å². The van der Waals surface area contributed by atoms with Gasteiger partial charge < -0.3 is 15.3 Å². The SMILES string of the molecule is CC(C)(C)C[C@@H]1N[C@@H](C(=O)N2CCC[C@H]2CO)[C@H](c2cccc(Cl)c2)[C@@]1(C#N)c1ccc(Cl)cc1. The number of nitrogens with zero attached hydrogens (tertiary/aromatic N) is 2. The van der Waals surface area contributed by atoms with E-state index in [1.807, 2.05) is 30.3 Å². The fraction of sp³-hybridized carbons (Fsp3) is 0.500. The smallest absolute Gasteiger partial charge is 0.240 e. The van der Waals surface area contributed by atoms with E-state index in [4.69, 9.17) is 23.2 Å². The van der Waals surface area contributed by atoms with Gasteiger partial charge in [-0.25, -0.2) is 0 Å². The summed E-state index contributed by atoms with van der Waals surface area (Å²) in [5.41, 5.74) is 0.546. The van der Waals surface area contributed by atoms with E-state index >= 15 is 0 Å². The minimum atomic E-state index is -1.03. The zero-order chi connectivity index (χ0) is 25.4. The summed E-state index contributed by atoms with van der Waals surface area (Å²) in [6.45, 7) is 6.97. The Morgan fingerprint density at radius 1 is 1.20 bits per heavy atom. The number of nitrogens with one attached hydrogen (secondary N) is 1. The lowest BCUT2D eigenvalue weighted by Gasteiger charge is -2.37. The molecule has 0 spiro atoms. The molecule has 2 saturated heterocycles. The number of nitriles is 1. The summed E-state index contributed by atoms with van der Waals surface area (Å²) in [4.78, 5) is 15.9. The Morgan fingerprint density at radius 2 is 1.91 bits per heavy atom. The number of hydrogen-bond acceptors (Lipinski definition) is 4. The van der Waals surface area contributed by atoms with Crippen molar-refractivity contribution in [3.05, 3.63) is 69.7 Å². The number of rotatable bonds is 5. The highest BCUT2D eigenvalue weighted by atomic mass is 35.5. The average molecular weight is 514 g/mol. The minimum absolute atomic E-state index is 0.0632. The fourth-order valence-electron chi connectivity index (χ4n) is 5.94. The van der Waals surface area contributed by atoms with Crippen LogP contribution in [0.15, 0.2) is 48.5 Å². The molecule has 5 nitrogen and oxygen atoms in total. The Hall–Kier alpha value is -2.10. The molecule has 2 aliphatic heterocycles. The first-order valence-electron chi connectivity index (χ1n) is 12.2. The van der Waals surface area contributed by atoms with Crippen molar-refractivity contribution in [3.8, 4) is 6.07 Å². The van der Waals surface area contributed by atoms with Crippen molar-refractivity contribution in [2.24, 2.45) is 5.41 Å². The third-order valence-electron chi connectivity index (χ3n) is 7.42. The van der Waals surface area contributed by atoms with Gasteiger partial charge in [-0.1, -0.05) is 68.2 Å². The van der Waals surface area contributed by atoms with Crippen molar-refractivity contribution in [3.63, 3.8) is 0 Å². The van der Waals surface area contributed by atoms with Crippen LogP contribution in [0.4, 0.5) is 0 Å². The van der Waals surface area contributed by atoms with Crippen LogP contribution in [-0.4, -0.2) is 47.2 Å². The Kier molecular flexibility index (Phi) is 7.50. The van der Waals surface area contributed by atoms with Crippen LogP contribution in [0.1, 0.15) is 57.1 Å². The molecule has 186 valence electrons. The lowest BCUT2D eigenvalue weighted by Crippen LogP contribution is -2.49. The van der Waals surface area contributed by atoms with Gasteiger partial charge in [0.2, 0.25) is 5.91 Å². The maximum atomic E-state index is 14.1. The monoisotopic (exact) mass is 513 g/mol. The maximum Gasteiger partial charge on any atom is 0.240 e. The highest BCUT2D eigenvalue weighted by Crippen LogP contribution is 2.52. The number of carbonyl (C=O) groups is 1. The van der Waals surface area contributed by atoms with Crippen LogP contribution < -0.4 is 5.32 Å². The Morgan fingerprint density at radius 3 is 2.51 bits per heavy atom. The maximum absolute atomic E-state index is 14.1. The highest BCUT2D eigenvalue weighted by molar-refractivity contribution is 6.30. The number of amides is 1. The fourth-order valence-corrected chi connectivity index (χ4v) is 6.26. The number of aliphatic hydroxyl groups excluding tert-OH is 1. The van der Waals surface area contributed by atoms with Crippen LogP contribution in [-0.2, 0) is 10.2 Å². The zero-order valence-corrected chi connectivity index (χ0v) is 22.0. The van der Waals surface area contributed by atoms with E-state index in [0.717, 1.165) is 24.0 Å². The molecule has 0 aromatic heterocycles. The molecule has 2 fully saturated rings. The summed E-state index contributed by atoms with van der Waals surface area (Å²) in [7, 11) is 0. The summed E-state index contributed by atoms with van der Waals surface area (Å²) in [6, 6.07) is 16.5. The number of benzene rings is 2. The molecular weight excluding hydrogens is 481 g/mol. The summed E-state index contributed by atoms with van der Waals surface area (Å²) in [6.07, 6.45) is 2.33. The van der Waals surface area contributed by atoms with Crippen LogP contribution in [0.5, 0.6) is 0 Å². The van der Waals surface area contributed by atoms with E-state index in [2.05, 4.69) is 32.2 Å². The van der Waals surface area contributed by atoms with Gasteiger partial charge in [-0.3, -0.25) is 4.79 Å². The third kappa shape index (κ3) is 4.95. The highest BCUT2D eigenvalue weighted by Gasteiger charge is 2.60. The molecule has 7 heteroatoms. The molecule has 2 N–H and O–H groups in total. The number of aliphatic hydroxyl groups is 1. The Balaban J connectivity index is 1.92. The van der Waals surface area contributed by atoms with Gasteiger partial charge in [0.05, 0.1) is 24.8 Å². The van der Waals surface area contributed by atoms with Crippen LogP contribution in [0.2, 0.25) is 10.0 Å². The van der Waals surface area contributed by atoms with Crippen LogP contribution in [0.25, 0.3) is 0 Å². The molecule has 5 atom stereocenters. The number of hydrogen-bond donors (Lipinski definition) is 2. The van der Waals surface area contributed by atoms with Gasteiger partial charge in [-0.05, 0) is 60.1 Å². The lowest BCUT2D eigenvalue weighted by atomic mass is 9.63. The predicted molar refractivity (Wildman–Crippen MR) is 140 cm³/mol. The largest absolute Gasteiger partial charge is 0.394 e. The molecule has 0 bridgehead atoms. The molecule has 2 aromatic carbocycles. The van der Waals surface area contributed by atoms with Crippen molar-refractivity contribution in [1.82, 2.24) is 10.2 Å². The predicted octanol–water partition coefficient (Wildman–Crippen LogP) is 5.30. The molecule has 0 unspecified atom stereocenters. The van der Waals surface area contributed by atoms with E-state index in [1.54, 1.807) is 23.1 Å². The van der Waals surface area contributed by atoms with E-state index < -0.39 is 17.4 Å². The van der Waals surface area contributed by atoms with Crippen molar-refractivity contribution in [2.75, 3.05) is 13.2 Å². The molecule has 0 saturated carbocycles. The number of likely N-dealkylation sites (tertiary alicyclic amines) is 1. The second-order valence-electron chi connectivity index (χ2n) is 11.0. The second kappa shape index (κ2) is 10.1. The Bertz CT molecular complexity index is 1110. The standard InChI is InChI=1S/C28H33Cl2N3O2/c1-27(2,3)15-23-28(17-31,19-9-11-20(29)12-10-19)24(18-6-4-7-21(30)14-18)25(32-23)26(35)33-13-5-8-22(33)16-34/h4,6-7,9-12,14,22-25,32,34H,5,8,13,15-16H2,1-3H3/t22-,23-,24-,25+,28-/m0/s1. The molecule has 0 aliphatic carbocycles. The van der Waals surface area contributed by atoms with Crippen molar-refractivity contribution in [2.45, 2.75) is 69.5 Å². The average Bonchev–Trinajstić information content (AvgIpc) is 3.41. The quantitative estimate of drug-likeness (QED) is 0.568. The summed E-state index contributed by atoms with van der Waals surface area (Å²) < 4.78 is 0. The van der Waals surface area contributed by atoms with Crippen molar-refractivity contribution < 1.29 is 9.90 Å². The summed E-state index contributed by atoms with van der Waals surface area (Å²) >= 11 is 12.6. The molecule has 0 radical (unpaired) electrons. The molecule has 1 amide bonds. The molecule has 2 aromatic rings. The van der Waals surface area contributed by atoms with E-state index in [0.29, 0.717) is 23.0 Å². The van der Waals surface area contributed by atoms with Crippen molar-refractivity contribution >= 4 is 29.1 Å². The normalized spacial score (nSPS) is 28.8. The first-order chi connectivity index (χ1) is 16.6. The minimum Gasteiger partial charge on any atom is -0.394 e.